The molecule has 0 aliphatic carbocycles. The summed E-state index contributed by atoms with van der Waals surface area (Å²) < 4.78 is 1.00. The van der Waals surface area contributed by atoms with Crippen molar-refractivity contribution in [1.29, 1.82) is 0 Å². The van der Waals surface area contributed by atoms with E-state index in [1.807, 2.05) is 84.9 Å². The molecule has 3 aromatic rings. The molecule has 0 heterocycles. The molecule has 0 fully saturated rings. The van der Waals surface area contributed by atoms with Crippen molar-refractivity contribution in [2.45, 2.75) is 5.92 Å². The van der Waals surface area contributed by atoms with E-state index in [1.54, 1.807) is 6.21 Å². The molecule has 0 radical (unpaired) electrons. The molecule has 3 rings (SSSR count). The number of hydrogen-bond donors (Lipinski definition) is 1. The number of halogens is 1. The Labute approximate surface area is 155 Å². The van der Waals surface area contributed by atoms with E-state index in [0.717, 1.165) is 21.2 Å². The van der Waals surface area contributed by atoms with E-state index in [2.05, 4.69) is 26.5 Å². The topological polar surface area (TPSA) is 41.5 Å². The average molecular weight is 393 g/mol. The van der Waals surface area contributed by atoms with Crippen LogP contribution in [0.1, 0.15) is 22.6 Å². The molecule has 0 aromatic heterocycles. The van der Waals surface area contributed by atoms with Gasteiger partial charge in [0.1, 0.15) is 0 Å². The van der Waals surface area contributed by atoms with Crippen LogP contribution in [0, 0.1) is 0 Å². The Morgan fingerprint density at radius 3 is 1.88 bits per heavy atom. The standard InChI is InChI=1S/C21H17BrN2O/c22-19-13-11-16(12-14-19)15-23-24-21(25)20(17-7-3-1-4-8-17)18-9-5-2-6-10-18/h1-15,20H,(H,24,25)/b23-15+. The van der Waals surface area contributed by atoms with Crippen molar-refractivity contribution < 1.29 is 4.79 Å². The number of carbonyl (C=O) groups excluding carboxylic acids is 1. The summed E-state index contributed by atoms with van der Waals surface area (Å²) in [7, 11) is 0. The van der Waals surface area contributed by atoms with Crippen LogP contribution in [-0.2, 0) is 4.79 Å². The predicted octanol–water partition coefficient (Wildman–Crippen LogP) is 4.73. The highest BCUT2D eigenvalue weighted by Gasteiger charge is 2.22. The van der Waals surface area contributed by atoms with Crippen molar-refractivity contribution in [2.75, 3.05) is 0 Å². The molecule has 3 nitrogen and oxygen atoms in total. The molecule has 4 heteroatoms. The first kappa shape index (κ1) is 17.1. The van der Waals surface area contributed by atoms with Gasteiger partial charge in [-0.25, -0.2) is 5.43 Å². The third-order valence-corrected chi connectivity index (χ3v) is 4.32. The summed E-state index contributed by atoms with van der Waals surface area (Å²) in [6.45, 7) is 0. The van der Waals surface area contributed by atoms with Crippen LogP contribution in [0.3, 0.4) is 0 Å². The Hall–Kier alpha value is -2.72. The first-order valence-corrected chi connectivity index (χ1v) is 8.72. The largest absolute Gasteiger partial charge is 0.272 e. The fraction of sp³-hybridized carbons (Fsp3) is 0.0476. The van der Waals surface area contributed by atoms with Crippen molar-refractivity contribution in [3.63, 3.8) is 0 Å². The van der Waals surface area contributed by atoms with Gasteiger partial charge in [0.25, 0.3) is 5.91 Å². The van der Waals surface area contributed by atoms with Crippen molar-refractivity contribution in [1.82, 2.24) is 5.43 Å². The molecule has 0 saturated heterocycles. The van der Waals surface area contributed by atoms with Gasteiger partial charge in [-0.15, -0.1) is 0 Å². The van der Waals surface area contributed by atoms with E-state index >= 15 is 0 Å². The van der Waals surface area contributed by atoms with Gasteiger partial charge in [0.2, 0.25) is 0 Å². The number of benzene rings is 3. The van der Waals surface area contributed by atoms with E-state index in [1.165, 1.54) is 0 Å². The van der Waals surface area contributed by atoms with Gasteiger partial charge in [-0.1, -0.05) is 88.7 Å². The molecule has 0 aliphatic heterocycles. The first-order valence-electron chi connectivity index (χ1n) is 7.92. The number of nitrogens with zero attached hydrogens (tertiary/aromatic N) is 1. The molecule has 0 bridgehead atoms. The maximum absolute atomic E-state index is 12.8. The van der Waals surface area contributed by atoms with E-state index in [9.17, 15) is 4.79 Å². The molecular formula is C21H17BrN2O. The Kier molecular flexibility index (Phi) is 5.75. The van der Waals surface area contributed by atoms with Crippen molar-refractivity contribution in [3.05, 3.63) is 106 Å². The number of rotatable bonds is 5. The summed E-state index contributed by atoms with van der Waals surface area (Å²) in [6, 6.07) is 27.1. The molecule has 1 amide bonds. The zero-order chi connectivity index (χ0) is 17.5. The fourth-order valence-corrected chi connectivity index (χ4v) is 2.83. The van der Waals surface area contributed by atoms with Crippen LogP contribution >= 0.6 is 15.9 Å². The van der Waals surface area contributed by atoms with E-state index in [4.69, 9.17) is 0 Å². The summed E-state index contributed by atoms with van der Waals surface area (Å²) in [5.41, 5.74) is 5.45. The van der Waals surface area contributed by atoms with Crippen molar-refractivity contribution >= 4 is 28.1 Å². The second-order valence-electron chi connectivity index (χ2n) is 5.54. The lowest BCUT2D eigenvalue weighted by atomic mass is 9.91. The number of nitrogens with one attached hydrogen (secondary N) is 1. The SMILES string of the molecule is O=C(N/N=C/c1ccc(Br)cc1)C(c1ccccc1)c1ccccc1. The molecule has 25 heavy (non-hydrogen) atoms. The van der Waals surface area contributed by atoms with E-state index in [0.29, 0.717) is 0 Å². The van der Waals surface area contributed by atoms with Crippen LogP contribution in [0.25, 0.3) is 0 Å². The molecular weight excluding hydrogens is 376 g/mol. The molecule has 0 unspecified atom stereocenters. The number of amides is 1. The third kappa shape index (κ3) is 4.64. The highest BCUT2D eigenvalue weighted by atomic mass is 79.9. The molecule has 1 N–H and O–H groups in total. The van der Waals surface area contributed by atoms with Gasteiger partial charge >= 0.3 is 0 Å². The summed E-state index contributed by atoms with van der Waals surface area (Å²) in [5, 5.41) is 4.10. The molecule has 124 valence electrons. The van der Waals surface area contributed by atoms with Crippen LogP contribution in [0.2, 0.25) is 0 Å². The lowest BCUT2D eigenvalue weighted by Gasteiger charge is -2.16. The molecule has 3 aromatic carbocycles. The van der Waals surface area contributed by atoms with Gasteiger partial charge in [0.05, 0.1) is 12.1 Å². The minimum atomic E-state index is -0.399. The maximum atomic E-state index is 12.8. The fourth-order valence-electron chi connectivity index (χ4n) is 2.57. The molecule has 0 aliphatic rings. The predicted molar refractivity (Wildman–Crippen MR) is 105 cm³/mol. The summed E-state index contributed by atoms with van der Waals surface area (Å²) in [6.07, 6.45) is 1.64. The smallest absolute Gasteiger partial charge is 0.252 e. The second-order valence-corrected chi connectivity index (χ2v) is 6.46. The average Bonchev–Trinajstić information content (AvgIpc) is 2.65. The molecule has 0 spiro atoms. The van der Waals surface area contributed by atoms with Gasteiger partial charge < -0.3 is 0 Å². The van der Waals surface area contributed by atoms with Crippen LogP contribution in [0.5, 0.6) is 0 Å². The van der Waals surface area contributed by atoms with Crippen LogP contribution in [0.15, 0.2) is 94.5 Å². The zero-order valence-corrected chi connectivity index (χ0v) is 15.1. The minimum absolute atomic E-state index is 0.161. The second kappa shape index (κ2) is 8.40. The van der Waals surface area contributed by atoms with Crippen LogP contribution in [0.4, 0.5) is 0 Å². The lowest BCUT2D eigenvalue weighted by molar-refractivity contribution is -0.121. The summed E-state index contributed by atoms with van der Waals surface area (Å²) >= 11 is 3.39. The van der Waals surface area contributed by atoms with E-state index < -0.39 is 5.92 Å². The first-order chi connectivity index (χ1) is 12.2. The maximum Gasteiger partial charge on any atom is 0.252 e. The molecule has 0 saturated carbocycles. The van der Waals surface area contributed by atoms with Crippen molar-refractivity contribution in [3.8, 4) is 0 Å². The number of hydrogen-bond acceptors (Lipinski definition) is 2. The lowest BCUT2D eigenvalue weighted by Crippen LogP contribution is -2.26. The number of hydrazone groups is 1. The van der Waals surface area contributed by atoms with Gasteiger partial charge in [0.15, 0.2) is 0 Å². The zero-order valence-electron chi connectivity index (χ0n) is 13.5. The van der Waals surface area contributed by atoms with Gasteiger partial charge in [-0.3, -0.25) is 4.79 Å². The van der Waals surface area contributed by atoms with Crippen LogP contribution in [-0.4, -0.2) is 12.1 Å². The van der Waals surface area contributed by atoms with E-state index in [-0.39, 0.29) is 5.91 Å². The Morgan fingerprint density at radius 2 is 1.36 bits per heavy atom. The highest BCUT2D eigenvalue weighted by molar-refractivity contribution is 9.10. The van der Waals surface area contributed by atoms with Crippen LogP contribution < -0.4 is 5.43 Å². The van der Waals surface area contributed by atoms with Gasteiger partial charge in [-0.2, -0.15) is 5.10 Å². The van der Waals surface area contributed by atoms with Crippen molar-refractivity contribution in [2.24, 2.45) is 5.10 Å². The summed E-state index contributed by atoms with van der Waals surface area (Å²) in [4.78, 5) is 12.8. The Bertz CT molecular complexity index is 807. The minimum Gasteiger partial charge on any atom is -0.272 e. The normalized spacial score (nSPS) is 11.0. The summed E-state index contributed by atoms with van der Waals surface area (Å²) in [5.74, 6) is -0.560. The Morgan fingerprint density at radius 1 is 0.840 bits per heavy atom. The molecule has 0 atom stereocenters. The van der Waals surface area contributed by atoms with Gasteiger partial charge in [0, 0.05) is 4.47 Å². The Balaban J connectivity index is 1.79. The number of carbonyl (C=O) groups is 1. The monoisotopic (exact) mass is 392 g/mol. The van der Waals surface area contributed by atoms with Gasteiger partial charge in [-0.05, 0) is 28.8 Å². The quantitative estimate of drug-likeness (QED) is 0.494. The highest BCUT2D eigenvalue weighted by Crippen LogP contribution is 2.24. The third-order valence-electron chi connectivity index (χ3n) is 3.79.